The Kier molecular flexibility index (Phi) is 5.82. The molecule has 128 valence electrons. The number of carbonyl (C=O) groups excluding carboxylic acids is 1. The molecule has 0 fully saturated rings. The third kappa shape index (κ3) is 4.26. The molecule has 0 atom stereocenters. The number of aryl methyl sites for hydroxylation is 1. The Morgan fingerprint density at radius 1 is 1.08 bits per heavy atom. The van der Waals surface area contributed by atoms with Gasteiger partial charge >= 0.3 is 0 Å². The number of quaternary nitrogens is 1. The molecule has 0 saturated heterocycles. The average molecular weight is 330 g/mol. The molecule has 0 aromatic heterocycles. The van der Waals surface area contributed by atoms with Crippen LogP contribution in [0.1, 0.15) is 28.4 Å². The van der Waals surface area contributed by atoms with Crippen LogP contribution in [0.3, 0.4) is 0 Å². The number of phenols is 2. The fourth-order valence-corrected chi connectivity index (χ4v) is 2.43. The van der Waals surface area contributed by atoms with Gasteiger partial charge in [0.15, 0.2) is 6.61 Å². The number of aromatic hydroxyl groups is 2. The fourth-order valence-electron chi connectivity index (χ4n) is 2.43. The van der Waals surface area contributed by atoms with Crippen molar-refractivity contribution in [3.05, 3.63) is 53.1 Å². The topological polar surface area (TPSA) is 71.2 Å². The van der Waals surface area contributed by atoms with E-state index in [1.807, 2.05) is 38.4 Å². The summed E-state index contributed by atoms with van der Waals surface area (Å²) in [7, 11) is 3.80. The number of hydrogen-bond donors (Lipinski definition) is 3. The molecule has 2 aromatic rings. The molecule has 5 nitrogen and oxygen atoms in total. The van der Waals surface area contributed by atoms with E-state index in [4.69, 9.17) is 4.74 Å². The summed E-state index contributed by atoms with van der Waals surface area (Å²) < 4.78 is 5.50. The highest BCUT2D eigenvalue weighted by Gasteiger charge is 2.19. The second kappa shape index (κ2) is 7.84. The molecule has 24 heavy (non-hydrogen) atoms. The summed E-state index contributed by atoms with van der Waals surface area (Å²) in [5, 5.41) is 20.2. The van der Waals surface area contributed by atoms with Crippen LogP contribution in [0.4, 0.5) is 0 Å². The summed E-state index contributed by atoms with van der Waals surface area (Å²) in [5.74, 6) is 0.0892. The zero-order valence-electron chi connectivity index (χ0n) is 14.3. The Morgan fingerprint density at radius 2 is 1.75 bits per heavy atom. The van der Waals surface area contributed by atoms with Crippen molar-refractivity contribution in [1.82, 2.24) is 0 Å². The Bertz CT molecular complexity index is 708. The zero-order chi connectivity index (χ0) is 17.7. The maximum Gasteiger partial charge on any atom is 0.203 e. The van der Waals surface area contributed by atoms with E-state index >= 15 is 0 Å². The molecule has 5 heteroatoms. The van der Waals surface area contributed by atoms with E-state index in [2.05, 4.69) is 6.92 Å². The van der Waals surface area contributed by atoms with Gasteiger partial charge in [0.2, 0.25) is 5.78 Å². The highest BCUT2D eigenvalue weighted by Crippen LogP contribution is 2.30. The predicted molar refractivity (Wildman–Crippen MR) is 91.9 cm³/mol. The van der Waals surface area contributed by atoms with Gasteiger partial charge in [0.05, 0.1) is 25.2 Å². The summed E-state index contributed by atoms with van der Waals surface area (Å²) in [6.45, 7) is 2.32. The molecule has 0 heterocycles. The van der Waals surface area contributed by atoms with Gasteiger partial charge in [-0.3, -0.25) is 4.79 Å². The average Bonchev–Trinajstić information content (AvgIpc) is 2.56. The molecule has 3 N–H and O–H groups in total. The van der Waals surface area contributed by atoms with E-state index < -0.39 is 0 Å². The van der Waals surface area contributed by atoms with E-state index in [1.165, 1.54) is 17.7 Å². The number of phenolic OH excluding ortho intramolecular Hbond substituents is 2. The first kappa shape index (κ1) is 17.8. The summed E-state index contributed by atoms with van der Waals surface area (Å²) in [6, 6.07) is 10.4. The summed E-state index contributed by atoms with van der Waals surface area (Å²) >= 11 is 0. The summed E-state index contributed by atoms with van der Waals surface area (Å²) in [6.07, 6.45) is 0.942. The van der Waals surface area contributed by atoms with E-state index in [1.54, 1.807) is 0 Å². The van der Waals surface area contributed by atoms with E-state index in [-0.39, 0.29) is 29.5 Å². The Morgan fingerprint density at radius 3 is 2.33 bits per heavy atom. The monoisotopic (exact) mass is 330 g/mol. The molecule has 0 aliphatic carbocycles. The largest absolute Gasteiger partial charge is 0.507 e. The molecule has 0 saturated carbocycles. The van der Waals surface area contributed by atoms with E-state index in [9.17, 15) is 15.0 Å². The second-order valence-electron chi connectivity index (χ2n) is 6.05. The quantitative estimate of drug-likeness (QED) is 0.674. The molecule has 2 aromatic carbocycles. The van der Waals surface area contributed by atoms with Crippen molar-refractivity contribution in [2.45, 2.75) is 19.9 Å². The van der Waals surface area contributed by atoms with Crippen LogP contribution in [-0.4, -0.2) is 36.7 Å². The van der Waals surface area contributed by atoms with Crippen LogP contribution in [0.25, 0.3) is 0 Å². The van der Waals surface area contributed by atoms with E-state index in [0.29, 0.717) is 17.9 Å². The number of Topliss-reactive ketones (excluding diaryl/α,β-unsaturated/α-hetero) is 1. The predicted octanol–water partition coefficient (Wildman–Crippen LogP) is 1.57. The lowest BCUT2D eigenvalue weighted by molar-refractivity contribution is -0.872. The SMILES string of the molecule is CCc1ccc(OCC(=O)c2ccc(O)c(C[NH+](C)C)c2O)cc1. The van der Waals surface area contributed by atoms with Crippen molar-refractivity contribution >= 4 is 5.78 Å². The maximum atomic E-state index is 12.3. The van der Waals surface area contributed by atoms with Crippen molar-refractivity contribution in [2.24, 2.45) is 0 Å². The van der Waals surface area contributed by atoms with Crippen LogP contribution >= 0.6 is 0 Å². The second-order valence-corrected chi connectivity index (χ2v) is 6.05. The minimum Gasteiger partial charge on any atom is -0.507 e. The number of ether oxygens (including phenoxy) is 1. The molecule has 2 rings (SSSR count). The number of benzene rings is 2. The summed E-state index contributed by atoms with van der Waals surface area (Å²) in [4.78, 5) is 13.4. The zero-order valence-corrected chi connectivity index (χ0v) is 14.3. The maximum absolute atomic E-state index is 12.3. The smallest absolute Gasteiger partial charge is 0.203 e. The van der Waals surface area contributed by atoms with Crippen molar-refractivity contribution in [1.29, 1.82) is 0 Å². The number of carbonyl (C=O) groups is 1. The first-order valence-electron chi connectivity index (χ1n) is 8.00. The Labute approximate surface area is 142 Å². The van der Waals surface area contributed by atoms with Gasteiger partial charge in [-0.25, -0.2) is 0 Å². The van der Waals surface area contributed by atoms with Gasteiger partial charge in [-0.1, -0.05) is 19.1 Å². The standard InChI is InChI=1S/C19H23NO4/c1-4-13-5-7-14(8-6-13)24-12-18(22)15-9-10-17(21)16(19(15)23)11-20(2)3/h5-10,21,23H,4,11-12H2,1-3H3/p+1. The van der Waals surface area contributed by atoms with Crippen LogP contribution in [-0.2, 0) is 13.0 Å². The molecule has 0 spiro atoms. The number of hydrogen-bond acceptors (Lipinski definition) is 4. The number of nitrogens with one attached hydrogen (secondary N) is 1. The minimum atomic E-state index is -0.331. The lowest BCUT2D eigenvalue weighted by atomic mass is 10.0. The third-order valence-corrected chi connectivity index (χ3v) is 3.79. The highest BCUT2D eigenvalue weighted by molar-refractivity contribution is 6.00. The van der Waals surface area contributed by atoms with Crippen LogP contribution in [0.5, 0.6) is 17.2 Å². The fraction of sp³-hybridized carbons (Fsp3) is 0.316. The first-order chi connectivity index (χ1) is 11.4. The van der Waals surface area contributed by atoms with Crippen LogP contribution < -0.4 is 9.64 Å². The molecular weight excluding hydrogens is 306 g/mol. The van der Waals surface area contributed by atoms with Gasteiger partial charge in [-0.05, 0) is 36.2 Å². The normalized spacial score (nSPS) is 10.8. The molecule has 0 unspecified atom stereocenters. The Balaban J connectivity index is 2.11. The van der Waals surface area contributed by atoms with Crippen LogP contribution in [0, 0.1) is 0 Å². The van der Waals surface area contributed by atoms with Crippen molar-refractivity contribution in [2.75, 3.05) is 20.7 Å². The molecule has 0 bridgehead atoms. The van der Waals surface area contributed by atoms with Gasteiger partial charge in [-0.2, -0.15) is 0 Å². The lowest BCUT2D eigenvalue weighted by Gasteiger charge is -2.13. The Hall–Kier alpha value is -2.53. The molecule has 0 amide bonds. The molecule has 0 aliphatic heterocycles. The van der Waals surface area contributed by atoms with Gasteiger partial charge in [0.25, 0.3) is 0 Å². The third-order valence-electron chi connectivity index (χ3n) is 3.79. The first-order valence-corrected chi connectivity index (χ1v) is 8.00. The van der Waals surface area contributed by atoms with E-state index in [0.717, 1.165) is 11.3 Å². The minimum absolute atomic E-state index is 0.0127. The molecule has 0 aliphatic rings. The molecular formula is C19H24NO4+. The van der Waals surface area contributed by atoms with Gasteiger partial charge in [0, 0.05) is 0 Å². The van der Waals surface area contributed by atoms with Gasteiger partial charge < -0.3 is 19.8 Å². The lowest BCUT2D eigenvalue weighted by Crippen LogP contribution is -3.04. The van der Waals surface area contributed by atoms with Crippen molar-refractivity contribution < 1.29 is 24.6 Å². The van der Waals surface area contributed by atoms with Crippen molar-refractivity contribution in [3.8, 4) is 17.2 Å². The summed E-state index contributed by atoms with van der Waals surface area (Å²) in [5.41, 5.74) is 1.73. The van der Waals surface area contributed by atoms with Crippen LogP contribution in [0.15, 0.2) is 36.4 Å². The van der Waals surface area contributed by atoms with Crippen molar-refractivity contribution in [3.63, 3.8) is 0 Å². The van der Waals surface area contributed by atoms with Gasteiger partial charge in [0.1, 0.15) is 23.8 Å². The van der Waals surface area contributed by atoms with Gasteiger partial charge in [-0.15, -0.1) is 0 Å². The van der Waals surface area contributed by atoms with Crippen LogP contribution in [0.2, 0.25) is 0 Å². The molecule has 0 radical (unpaired) electrons. The number of ketones is 1. The number of rotatable bonds is 7. The highest BCUT2D eigenvalue weighted by atomic mass is 16.5.